The molecule has 0 aromatic heterocycles. The van der Waals surface area contributed by atoms with E-state index in [1.54, 1.807) is 0 Å². The fraction of sp³-hybridized carbons (Fsp3) is 0.625. The van der Waals surface area contributed by atoms with Gasteiger partial charge in [0.25, 0.3) is 0 Å². The molecule has 1 unspecified atom stereocenters. The molecule has 0 N–H and O–H groups in total. The summed E-state index contributed by atoms with van der Waals surface area (Å²) in [7, 11) is 0. The van der Waals surface area contributed by atoms with Gasteiger partial charge < -0.3 is 9.47 Å². The minimum absolute atomic E-state index is 0.593. The van der Waals surface area contributed by atoms with E-state index in [4.69, 9.17) is 9.47 Å². The second-order valence-corrected chi connectivity index (χ2v) is 6.04. The van der Waals surface area contributed by atoms with Gasteiger partial charge in [-0.25, -0.2) is 0 Å². The van der Waals surface area contributed by atoms with Crippen molar-refractivity contribution in [1.29, 1.82) is 0 Å². The Hall–Kier alpha value is -1.10. The van der Waals surface area contributed by atoms with Crippen LogP contribution in [0.5, 0.6) is 5.75 Å². The Bertz CT molecular complexity index is 491. The SMILES string of the molecule is c1cc2c(cc1CN1CCN3CCOCC3C1)CCO2. The average molecular weight is 274 g/mol. The summed E-state index contributed by atoms with van der Waals surface area (Å²) in [4.78, 5) is 5.14. The topological polar surface area (TPSA) is 24.9 Å². The minimum atomic E-state index is 0.593. The molecule has 0 saturated carbocycles. The Morgan fingerprint density at radius 3 is 3.15 bits per heavy atom. The van der Waals surface area contributed by atoms with Crippen molar-refractivity contribution in [3.05, 3.63) is 29.3 Å². The van der Waals surface area contributed by atoms with Crippen LogP contribution in [0.1, 0.15) is 11.1 Å². The van der Waals surface area contributed by atoms with E-state index in [9.17, 15) is 0 Å². The van der Waals surface area contributed by atoms with E-state index < -0.39 is 0 Å². The van der Waals surface area contributed by atoms with Crippen molar-refractivity contribution in [2.75, 3.05) is 46.0 Å². The molecule has 108 valence electrons. The van der Waals surface area contributed by atoms with Crippen molar-refractivity contribution in [3.8, 4) is 5.75 Å². The first kappa shape index (κ1) is 12.6. The molecule has 1 aromatic carbocycles. The second-order valence-electron chi connectivity index (χ2n) is 6.04. The summed E-state index contributed by atoms with van der Waals surface area (Å²) in [6.07, 6.45) is 1.06. The number of morpholine rings is 1. The van der Waals surface area contributed by atoms with Crippen molar-refractivity contribution >= 4 is 0 Å². The van der Waals surface area contributed by atoms with Gasteiger partial charge in [0.05, 0.1) is 19.8 Å². The van der Waals surface area contributed by atoms with Gasteiger partial charge in [-0.1, -0.05) is 12.1 Å². The number of fused-ring (bicyclic) bond motifs is 2. The highest BCUT2D eigenvalue weighted by atomic mass is 16.5. The molecule has 0 bridgehead atoms. The van der Waals surface area contributed by atoms with Gasteiger partial charge in [0, 0.05) is 45.2 Å². The van der Waals surface area contributed by atoms with Gasteiger partial charge in [0.2, 0.25) is 0 Å². The summed E-state index contributed by atoms with van der Waals surface area (Å²) >= 11 is 0. The third-order valence-corrected chi connectivity index (χ3v) is 4.68. The molecule has 3 aliphatic rings. The molecule has 0 aliphatic carbocycles. The molecule has 2 saturated heterocycles. The summed E-state index contributed by atoms with van der Waals surface area (Å²) in [5.41, 5.74) is 2.79. The highest BCUT2D eigenvalue weighted by molar-refractivity contribution is 5.39. The third-order valence-electron chi connectivity index (χ3n) is 4.68. The zero-order chi connectivity index (χ0) is 13.4. The van der Waals surface area contributed by atoms with Crippen molar-refractivity contribution in [1.82, 2.24) is 9.80 Å². The van der Waals surface area contributed by atoms with E-state index in [1.165, 1.54) is 24.2 Å². The van der Waals surface area contributed by atoms with Crippen LogP contribution >= 0.6 is 0 Å². The van der Waals surface area contributed by atoms with Crippen molar-refractivity contribution in [3.63, 3.8) is 0 Å². The molecule has 0 radical (unpaired) electrons. The first-order valence-electron chi connectivity index (χ1n) is 7.67. The molecule has 3 aliphatic heterocycles. The molecule has 1 atom stereocenters. The monoisotopic (exact) mass is 274 g/mol. The summed E-state index contributed by atoms with van der Waals surface area (Å²) < 4.78 is 11.2. The molecule has 4 heteroatoms. The Labute approximate surface area is 120 Å². The van der Waals surface area contributed by atoms with Crippen LogP contribution in [0.25, 0.3) is 0 Å². The van der Waals surface area contributed by atoms with Gasteiger partial charge in [0.1, 0.15) is 5.75 Å². The number of rotatable bonds is 2. The minimum Gasteiger partial charge on any atom is -0.493 e. The molecule has 3 heterocycles. The van der Waals surface area contributed by atoms with Gasteiger partial charge in [0.15, 0.2) is 0 Å². The van der Waals surface area contributed by atoms with E-state index >= 15 is 0 Å². The van der Waals surface area contributed by atoms with E-state index in [0.717, 1.165) is 51.6 Å². The molecule has 0 amide bonds. The Kier molecular flexibility index (Phi) is 3.38. The molecule has 1 aromatic rings. The fourth-order valence-corrected chi connectivity index (χ4v) is 3.55. The van der Waals surface area contributed by atoms with Crippen LogP contribution in [-0.2, 0) is 17.7 Å². The van der Waals surface area contributed by atoms with Crippen molar-refractivity contribution in [2.24, 2.45) is 0 Å². The number of ether oxygens (including phenoxy) is 2. The maximum atomic E-state index is 5.61. The first-order chi connectivity index (χ1) is 9.88. The highest BCUT2D eigenvalue weighted by Gasteiger charge is 2.29. The van der Waals surface area contributed by atoms with Crippen molar-refractivity contribution in [2.45, 2.75) is 19.0 Å². The second kappa shape index (κ2) is 5.35. The Morgan fingerprint density at radius 2 is 2.15 bits per heavy atom. The van der Waals surface area contributed by atoms with Crippen LogP contribution in [0.15, 0.2) is 18.2 Å². The lowest BCUT2D eigenvalue weighted by Crippen LogP contribution is -2.57. The van der Waals surface area contributed by atoms with Crippen LogP contribution in [0, 0.1) is 0 Å². The zero-order valence-corrected chi connectivity index (χ0v) is 11.9. The molecule has 2 fully saturated rings. The fourth-order valence-electron chi connectivity index (χ4n) is 3.55. The van der Waals surface area contributed by atoms with Gasteiger partial charge in [-0.3, -0.25) is 9.80 Å². The Morgan fingerprint density at radius 1 is 1.15 bits per heavy atom. The summed E-state index contributed by atoms with van der Waals surface area (Å²) in [5.74, 6) is 1.08. The highest BCUT2D eigenvalue weighted by Crippen LogP contribution is 2.26. The van der Waals surface area contributed by atoms with Gasteiger partial charge in [-0.15, -0.1) is 0 Å². The quantitative estimate of drug-likeness (QED) is 0.807. The molecule has 4 rings (SSSR count). The summed E-state index contributed by atoms with van der Waals surface area (Å²) in [6, 6.07) is 7.27. The average Bonchev–Trinajstić information content (AvgIpc) is 2.95. The molecular weight excluding hydrogens is 252 g/mol. The molecular formula is C16H22N2O2. The standard InChI is InChI=1S/C16H22N2O2/c1-2-16-14(3-7-20-16)9-13(1)10-17-4-5-18-6-8-19-12-15(18)11-17/h1-2,9,15H,3-8,10-12H2. The van der Waals surface area contributed by atoms with E-state index in [1.807, 2.05) is 0 Å². The van der Waals surface area contributed by atoms with E-state index in [0.29, 0.717) is 6.04 Å². The third kappa shape index (κ3) is 2.43. The maximum absolute atomic E-state index is 5.61. The largest absolute Gasteiger partial charge is 0.493 e. The van der Waals surface area contributed by atoms with E-state index in [2.05, 4.69) is 28.0 Å². The Balaban J connectivity index is 1.41. The maximum Gasteiger partial charge on any atom is 0.122 e. The van der Waals surface area contributed by atoms with Crippen LogP contribution in [0.2, 0.25) is 0 Å². The summed E-state index contributed by atoms with van der Waals surface area (Å²) in [6.45, 7) is 8.29. The lowest BCUT2D eigenvalue weighted by molar-refractivity contribution is -0.0461. The predicted octanol–water partition coefficient (Wildman–Crippen LogP) is 1.14. The first-order valence-corrected chi connectivity index (χ1v) is 7.67. The van der Waals surface area contributed by atoms with Crippen LogP contribution in [0.3, 0.4) is 0 Å². The molecule has 0 spiro atoms. The predicted molar refractivity (Wildman–Crippen MR) is 77.1 cm³/mol. The lowest BCUT2D eigenvalue weighted by atomic mass is 10.1. The lowest BCUT2D eigenvalue weighted by Gasteiger charge is -2.43. The van der Waals surface area contributed by atoms with Gasteiger partial charge >= 0.3 is 0 Å². The molecule has 4 nitrogen and oxygen atoms in total. The zero-order valence-electron chi connectivity index (χ0n) is 11.9. The van der Waals surface area contributed by atoms with Crippen LogP contribution in [-0.4, -0.2) is 61.8 Å². The number of hydrogen-bond acceptors (Lipinski definition) is 4. The summed E-state index contributed by atoms with van der Waals surface area (Å²) in [5, 5.41) is 0. The smallest absolute Gasteiger partial charge is 0.122 e. The van der Waals surface area contributed by atoms with Crippen molar-refractivity contribution < 1.29 is 9.47 Å². The number of piperazine rings is 1. The van der Waals surface area contributed by atoms with Crippen LogP contribution in [0.4, 0.5) is 0 Å². The number of hydrogen-bond donors (Lipinski definition) is 0. The molecule has 20 heavy (non-hydrogen) atoms. The normalized spacial score (nSPS) is 26.9. The number of nitrogens with zero attached hydrogens (tertiary/aromatic N) is 2. The number of benzene rings is 1. The van der Waals surface area contributed by atoms with Gasteiger partial charge in [-0.2, -0.15) is 0 Å². The van der Waals surface area contributed by atoms with E-state index in [-0.39, 0.29) is 0 Å². The van der Waals surface area contributed by atoms with Crippen LogP contribution < -0.4 is 4.74 Å². The van der Waals surface area contributed by atoms with Gasteiger partial charge in [-0.05, 0) is 17.2 Å².